The number of nitrogens with two attached hydrogens (primary N) is 2. The molecule has 0 spiro atoms. The van der Waals surface area contributed by atoms with Crippen molar-refractivity contribution < 1.29 is 14.7 Å². The van der Waals surface area contributed by atoms with E-state index in [-0.39, 0.29) is 48.7 Å². The summed E-state index contributed by atoms with van der Waals surface area (Å²) >= 11 is 0. The monoisotopic (exact) mass is 346 g/mol. The number of aliphatic imine (C=N–C) groups is 1. The fourth-order valence-corrected chi connectivity index (χ4v) is 2.95. The first-order valence-electron chi connectivity index (χ1n) is 7.48. The van der Waals surface area contributed by atoms with Gasteiger partial charge in [0.2, 0.25) is 5.91 Å². The second kappa shape index (κ2) is 9.39. The summed E-state index contributed by atoms with van der Waals surface area (Å²) in [5.74, 6) is -0.748. The fourth-order valence-electron chi connectivity index (χ4n) is 2.95. The van der Waals surface area contributed by atoms with E-state index >= 15 is 0 Å². The van der Waals surface area contributed by atoms with E-state index in [9.17, 15) is 9.59 Å². The highest BCUT2D eigenvalue weighted by atomic mass is 35.5. The molecule has 0 radical (unpaired) electrons. The molecule has 0 aromatic rings. The van der Waals surface area contributed by atoms with Crippen LogP contribution in [0.4, 0.5) is 0 Å². The zero-order valence-electron chi connectivity index (χ0n) is 13.8. The van der Waals surface area contributed by atoms with E-state index < -0.39 is 5.97 Å². The summed E-state index contributed by atoms with van der Waals surface area (Å²) in [6, 6.07) is -0.422. The molecule has 23 heavy (non-hydrogen) atoms. The summed E-state index contributed by atoms with van der Waals surface area (Å²) in [5, 5.41) is 12.1. The lowest BCUT2D eigenvalue weighted by atomic mass is 9.78. The van der Waals surface area contributed by atoms with Crippen LogP contribution in [0.3, 0.4) is 0 Å². The molecule has 0 fully saturated rings. The standard InChI is InChI=1S/C15H26N4O3.ClH/c1-8(2)6-12(18-9(3)20)11-5-4-10(14(21)22)7-13(11)19-15(16)17;/h4,8,11-13H,5-7H2,1-3H3,(H,18,20)(H,21,22)(H4,16,17,19);1H/t11-,12+,13+;/m1./s1. The minimum absolute atomic E-state index is 0. The van der Waals surface area contributed by atoms with Crippen molar-refractivity contribution in [3.63, 3.8) is 0 Å². The molecule has 0 saturated carbocycles. The van der Waals surface area contributed by atoms with Crippen molar-refractivity contribution in [2.45, 2.75) is 52.1 Å². The number of halogens is 1. The maximum atomic E-state index is 11.5. The SMILES string of the molecule is CC(=O)N[C@@H](CC(C)C)[C@H]1CC=C(C(=O)O)C[C@@H]1N=C(N)N.Cl. The number of amides is 1. The summed E-state index contributed by atoms with van der Waals surface area (Å²) in [5.41, 5.74) is 11.3. The fraction of sp³-hybridized carbons (Fsp3) is 0.667. The summed E-state index contributed by atoms with van der Waals surface area (Å²) in [4.78, 5) is 26.8. The summed E-state index contributed by atoms with van der Waals surface area (Å²) in [6.07, 6.45) is 3.30. The van der Waals surface area contributed by atoms with Crippen molar-refractivity contribution in [2.75, 3.05) is 0 Å². The lowest BCUT2D eigenvalue weighted by Crippen LogP contribution is -2.46. The van der Waals surface area contributed by atoms with Gasteiger partial charge in [-0.15, -0.1) is 12.4 Å². The van der Waals surface area contributed by atoms with Crippen LogP contribution in [-0.4, -0.2) is 35.0 Å². The zero-order chi connectivity index (χ0) is 16.9. The van der Waals surface area contributed by atoms with Crippen LogP contribution >= 0.6 is 12.4 Å². The van der Waals surface area contributed by atoms with Crippen LogP contribution in [0, 0.1) is 11.8 Å². The van der Waals surface area contributed by atoms with E-state index in [2.05, 4.69) is 24.2 Å². The van der Waals surface area contributed by atoms with Crippen LogP contribution in [0.2, 0.25) is 0 Å². The third-order valence-corrected chi connectivity index (χ3v) is 3.78. The largest absolute Gasteiger partial charge is 0.478 e. The van der Waals surface area contributed by atoms with Crippen LogP contribution in [-0.2, 0) is 9.59 Å². The highest BCUT2D eigenvalue weighted by Gasteiger charge is 2.34. The molecule has 7 nitrogen and oxygen atoms in total. The molecule has 1 aliphatic carbocycles. The van der Waals surface area contributed by atoms with E-state index in [1.165, 1.54) is 6.92 Å². The number of carboxylic acids is 1. The van der Waals surface area contributed by atoms with Crippen molar-refractivity contribution in [1.82, 2.24) is 5.32 Å². The van der Waals surface area contributed by atoms with E-state index in [4.69, 9.17) is 16.6 Å². The molecule has 0 unspecified atom stereocenters. The molecule has 0 aromatic heterocycles. The second-order valence-electron chi connectivity index (χ2n) is 6.20. The van der Waals surface area contributed by atoms with Gasteiger partial charge in [0, 0.05) is 30.9 Å². The Kier molecular flexibility index (Phi) is 8.68. The molecule has 1 rings (SSSR count). The number of aliphatic carboxylic acids is 1. The van der Waals surface area contributed by atoms with Gasteiger partial charge in [-0.1, -0.05) is 19.9 Å². The van der Waals surface area contributed by atoms with Crippen molar-refractivity contribution in [3.8, 4) is 0 Å². The van der Waals surface area contributed by atoms with Crippen LogP contribution in [0.25, 0.3) is 0 Å². The molecule has 1 amide bonds. The van der Waals surface area contributed by atoms with E-state index in [1.54, 1.807) is 6.08 Å². The Morgan fingerprint density at radius 2 is 2.04 bits per heavy atom. The maximum Gasteiger partial charge on any atom is 0.331 e. The van der Waals surface area contributed by atoms with Crippen molar-refractivity contribution in [1.29, 1.82) is 0 Å². The number of nitrogens with zero attached hydrogens (tertiary/aromatic N) is 1. The minimum Gasteiger partial charge on any atom is -0.478 e. The number of allylic oxidation sites excluding steroid dienone is 1. The summed E-state index contributed by atoms with van der Waals surface area (Å²) < 4.78 is 0. The highest BCUT2D eigenvalue weighted by Crippen LogP contribution is 2.31. The Bertz CT molecular complexity index is 487. The number of hydrogen-bond acceptors (Lipinski definition) is 3. The number of guanidine groups is 1. The van der Waals surface area contributed by atoms with Gasteiger partial charge in [0.25, 0.3) is 0 Å². The topological polar surface area (TPSA) is 131 Å². The van der Waals surface area contributed by atoms with Crippen molar-refractivity contribution >= 4 is 30.2 Å². The minimum atomic E-state index is -0.950. The maximum absolute atomic E-state index is 11.5. The molecule has 0 bridgehead atoms. The van der Waals surface area contributed by atoms with Crippen molar-refractivity contribution in [3.05, 3.63) is 11.6 Å². The Balaban J connectivity index is 0.00000484. The molecule has 1 aliphatic rings. The molecule has 132 valence electrons. The number of hydrogen-bond donors (Lipinski definition) is 4. The highest BCUT2D eigenvalue weighted by molar-refractivity contribution is 5.87. The second-order valence-corrected chi connectivity index (χ2v) is 6.20. The Morgan fingerprint density at radius 3 is 2.48 bits per heavy atom. The Morgan fingerprint density at radius 1 is 1.43 bits per heavy atom. The molecule has 8 heteroatoms. The molecule has 0 heterocycles. The lowest BCUT2D eigenvalue weighted by Gasteiger charge is -2.35. The average molecular weight is 347 g/mol. The molecule has 6 N–H and O–H groups in total. The first-order valence-corrected chi connectivity index (χ1v) is 7.48. The molecular weight excluding hydrogens is 320 g/mol. The van der Waals surface area contributed by atoms with Gasteiger partial charge in [-0.3, -0.25) is 4.79 Å². The third kappa shape index (κ3) is 6.90. The van der Waals surface area contributed by atoms with Gasteiger partial charge in [0.05, 0.1) is 6.04 Å². The number of carbonyl (C=O) groups excluding carboxylic acids is 1. The van der Waals surface area contributed by atoms with Crippen LogP contribution < -0.4 is 16.8 Å². The number of carboxylic acid groups (broad SMARTS) is 1. The number of nitrogens with one attached hydrogen (secondary N) is 1. The first kappa shape index (κ1) is 21.2. The van der Waals surface area contributed by atoms with Crippen molar-refractivity contribution in [2.24, 2.45) is 28.3 Å². The first-order chi connectivity index (χ1) is 10.2. The lowest BCUT2D eigenvalue weighted by molar-refractivity contribution is -0.133. The quantitative estimate of drug-likeness (QED) is 0.421. The number of rotatable bonds is 6. The van der Waals surface area contributed by atoms with E-state index in [0.717, 1.165) is 6.42 Å². The van der Waals surface area contributed by atoms with E-state index in [1.807, 2.05) is 0 Å². The Hall–Kier alpha value is -1.76. The average Bonchev–Trinajstić information content (AvgIpc) is 2.35. The summed E-state index contributed by atoms with van der Waals surface area (Å²) in [7, 11) is 0. The summed E-state index contributed by atoms with van der Waals surface area (Å²) in [6.45, 7) is 5.63. The molecule has 0 saturated heterocycles. The molecule has 0 aliphatic heterocycles. The normalized spacial score (nSPS) is 21.7. The zero-order valence-corrected chi connectivity index (χ0v) is 14.6. The van der Waals surface area contributed by atoms with Gasteiger partial charge in [0.1, 0.15) is 0 Å². The van der Waals surface area contributed by atoms with Crippen LogP contribution in [0.15, 0.2) is 16.6 Å². The predicted molar refractivity (Wildman–Crippen MR) is 92.3 cm³/mol. The van der Waals surface area contributed by atoms with E-state index in [0.29, 0.717) is 17.9 Å². The van der Waals surface area contributed by atoms with Gasteiger partial charge in [-0.2, -0.15) is 0 Å². The molecular formula is C15H27ClN4O3. The van der Waals surface area contributed by atoms with Gasteiger partial charge in [-0.25, -0.2) is 9.79 Å². The smallest absolute Gasteiger partial charge is 0.331 e. The van der Waals surface area contributed by atoms with Gasteiger partial charge >= 0.3 is 5.97 Å². The molecule has 3 atom stereocenters. The van der Waals surface area contributed by atoms with Gasteiger partial charge < -0.3 is 21.9 Å². The van der Waals surface area contributed by atoms with Crippen LogP contribution in [0.5, 0.6) is 0 Å². The van der Waals surface area contributed by atoms with Crippen LogP contribution in [0.1, 0.15) is 40.0 Å². The predicted octanol–water partition coefficient (Wildman–Crippen LogP) is 1.02. The number of carbonyl (C=O) groups is 2. The molecule has 0 aromatic carbocycles. The van der Waals surface area contributed by atoms with Gasteiger partial charge in [-0.05, 0) is 18.8 Å². The third-order valence-electron chi connectivity index (χ3n) is 3.78. The Labute approximate surface area is 143 Å². The van der Waals surface area contributed by atoms with Gasteiger partial charge in [0.15, 0.2) is 5.96 Å².